The lowest BCUT2D eigenvalue weighted by Crippen LogP contribution is -2.21. The molecule has 0 aliphatic heterocycles. The van der Waals surface area contributed by atoms with Crippen molar-refractivity contribution in [1.29, 1.82) is 0 Å². The van der Waals surface area contributed by atoms with Gasteiger partial charge >= 0.3 is 0 Å². The molecular formula is C10H16N2OS. The number of aryl methyl sites for hydroxylation is 1. The molecule has 0 radical (unpaired) electrons. The van der Waals surface area contributed by atoms with Crippen molar-refractivity contribution >= 4 is 16.5 Å². The highest BCUT2D eigenvalue weighted by molar-refractivity contribution is 7.13. The van der Waals surface area contributed by atoms with Crippen LogP contribution in [0.15, 0.2) is 5.38 Å². The highest BCUT2D eigenvalue weighted by atomic mass is 32.1. The Labute approximate surface area is 88.2 Å². The number of nitrogens with zero attached hydrogens (tertiary/aromatic N) is 1. The summed E-state index contributed by atoms with van der Waals surface area (Å²) in [6.45, 7) is 2.85. The Morgan fingerprint density at radius 3 is 3.07 bits per heavy atom. The third-order valence-corrected chi connectivity index (χ3v) is 3.67. The van der Waals surface area contributed by atoms with E-state index in [1.807, 2.05) is 12.3 Å². The number of rotatable bonds is 3. The summed E-state index contributed by atoms with van der Waals surface area (Å²) in [5.41, 5.74) is 1.06. The third kappa shape index (κ3) is 2.25. The van der Waals surface area contributed by atoms with Gasteiger partial charge in [0, 0.05) is 17.8 Å². The molecule has 1 saturated carbocycles. The number of hydrogen-bond donors (Lipinski definition) is 2. The molecule has 4 heteroatoms. The summed E-state index contributed by atoms with van der Waals surface area (Å²) < 4.78 is 0. The van der Waals surface area contributed by atoms with Crippen LogP contribution >= 0.6 is 11.3 Å². The first kappa shape index (κ1) is 9.93. The van der Waals surface area contributed by atoms with Gasteiger partial charge in [0.1, 0.15) is 0 Å². The molecule has 1 aromatic heterocycles. The standard InChI is InChI=1S/C10H16N2OS/c1-7-6-14-10(12-7)11-5-8-3-2-4-9(8)13/h6,8-9,13H,2-5H2,1H3,(H,11,12). The van der Waals surface area contributed by atoms with Crippen LogP contribution in [0.5, 0.6) is 0 Å². The van der Waals surface area contributed by atoms with Crippen LogP contribution in [0.2, 0.25) is 0 Å². The second kappa shape index (κ2) is 4.28. The van der Waals surface area contributed by atoms with Gasteiger partial charge in [-0.05, 0) is 19.8 Å². The summed E-state index contributed by atoms with van der Waals surface area (Å²) in [5.74, 6) is 0.416. The first-order valence-corrected chi connectivity index (χ1v) is 5.98. The second-order valence-corrected chi connectivity index (χ2v) is 4.79. The van der Waals surface area contributed by atoms with Crippen molar-refractivity contribution in [3.05, 3.63) is 11.1 Å². The van der Waals surface area contributed by atoms with Crippen LogP contribution in [0.1, 0.15) is 25.0 Å². The summed E-state index contributed by atoms with van der Waals surface area (Å²) in [6, 6.07) is 0. The SMILES string of the molecule is Cc1csc(NCC2CCCC2O)n1. The zero-order valence-corrected chi connectivity index (χ0v) is 9.18. The fourth-order valence-corrected chi connectivity index (χ4v) is 2.61. The number of aliphatic hydroxyl groups excluding tert-OH is 1. The summed E-state index contributed by atoms with van der Waals surface area (Å²) >= 11 is 1.63. The van der Waals surface area contributed by atoms with E-state index in [9.17, 15) is 5.11 Å². The summed E-state index contributed by atoms with van der Waals surface area (Å²) in [5, 5.41) is 15.9. The number of aliphatic hydroxyl groups is 1. The van der Waals surface area contributed by atoms with Gasteiger partial charge in [0.25, 0.3) is 0 Å². The minimum Gasteiger partial charge on any atom is -0.393 e. The molecule has 1 fully saturated rings. The number of thiazole rings is 1. The van der Waals surface area contributed by atoms with Gasteiger partial charge in [0.05, 0.1) is 11.8 Å². The highest BCUT2D eigenvalue weighted by Crippen LogP contribution is 2.26. The molecule has 0 aromatic carbocycles. The molecule has 0 amide bonds. The van der Waals surface area contributed by atoms with Gasteiger partial charge < -0.3 is 10.4 Å². The molecule has 0 saturated heterocycles. The van der Waals surface area contributed by atoms with Crippen LogP contribution in [0.3, 0.4) is 0 Å². The summed E-state index contributed by atoms with van der Waals surface area (Å²) in [6.07, 6.45) is 3.15. The molecule has 1 heterocycles. The van der Waals surface area contributed by atoms with Gasteiger partial charge in [0.15, 0.2) is 5.13 Å². The topological polar surface area (TPSA) is 45.1 Å². The molecule has 14 heavy (non-hydrogen) atoms. The zero-order valence-electron chi connectivity index (χ0n) is 8.36. The fourth-order valence-electron chi connectivity index (χ4n) is 1.91. The van der Waals surface area contributed by atoms with Gasteiger partial charge in [-0.3, -0.25) is 0 Å². The van der Waals surface area contributed by atoms with E-state index in [4.69, 9.17) is 0 Å². The Balaban J connectivity index is 1.82. The monoisotopic (exact) mass is 212 g/mol. The molecule has 0 spiro atoms. The lowest BCUT2D eigenvalue weighted by molar-refractivity contribution is 0.138. The minimum absolute atomic E-state index is 0.108. The smallest absolute Gasteiger partial charge is 0.182 e. The average Bonchev–Trinajstić information content (AvgIpc) is 2.72. The van der Waals surface area contributed by atoms with E-state index >= 15 is 0 Å². The number of aromatic nitrogens is 1. The van der Waals surface area contributed by atoms with Crippen molar-refractivity contribution in [3.63, 3.8) is 0 Å². The molecule has 1 aliphatic rings. The summed E-state index contributed by atoms with van der Waals surface area (Å²) in [4.78, 5) is 4.32. The van der Waals surface area contributed by atoms with Crippen LogP contribution in [0.25, 0.3) is 0 Å². The van der Waals surface area contributed by atoms with Crippen LogP contribution in [0, 0.1) is 12.8 Å². The van der Waals surface area contributed by atoms with Crippen LogP contribution in [-0.2, 0) is 0 Å². The van der Waals surface area contributed by atoms with Crippen molar-refractivity contribution < 1.29 is 5.11 Å². The first-order valence-electron chi connectivity index (χ1n) is 5.10. The van der Waals surface area contributed by atoms with Gasteiger partial charge in [-0.2, -0.15) is 0 Å². The van der Waals surface area contributed by atoms with Crippen molar-refractivity contribution in [1.82, 2.24) is 4.98 Å². The number of hydrogen-bond acceptors (Lipinski definition) is 4. The van der Waals surface area contributed by atoms with E-state index in [-0.39, 0.29) is 6.10 Å². The fraction of sp³-hybridized carbons (Fsp3) is 0.700. The molecule has 2 rings (SSSR count). The van der Waals surface area contributed by atoms with Crippen molar-refractivity contribution in [2.24, 2.45) is 5.92 Å². The van der Waals surface area contributed by atoms with Crippen LogP contribution in [-0.4, -0.2) is 22.7 Å². The number of anilines is 1. The molecule has 1 aromatic rings. The molecule has 3 nitrogen and oxygen atoms in total. The minimum atomic E-state index is -0.108. The van der Waals surface area contributed by atoms with Crippen LogP contribution in [0.4, 0.5) is 5.13 Å². The lowest BCUT2D eigenvalue weighted by Gasteiger charge is -2.14. The quantitative estimate of drug-likeness (QED) is 0.805. The van der Waals surface area contributed by atoms with E-state index in [2.05, 4.69) is 10.3 Å². The summed E-state index contributed by atoms with van der Waals surface area (Å²) in [7, 11) is 0. The third-order valence-electron chi connectivity index (χ3n) is 2.75. The normalized spacial score (nSPS) is 26.7. The van der Waals surface area contributed by atoms with E-state index in [1.165, 1.54) is 0 Å². The maximum absolute atomic E-state index is 9.62. The van der Waals surface area contributed by atoms with E-state index in [1.54, 1.807) is 11.3 Å². The van der Waals surface area contributed by atoms with Crippen molar-refractivity contribution in [2.45, 2.75) is 32.3 Å². The van der Waals surface area contributed by atoms with Gasteiger partial charge in [-0.25, -0.2) is 4.98 Å². The zero-order chi connectivity index (χ0) is 9.97. The Bertz CT molecular complexity index is 300. The second-order valence-electron chi connectivity index (χ2n) is 3.93. The largest absolute Gasteiger partial charge is 0.393 e. The van der Waals surface area contributed by atoms with Crippen molar-refractivity contribution in [3.8, 4) is 0 Å². The van der Waals surface area contributed by atoms with E-state index < -0.39 is 0 Å². The predicted octanol–water partition coefficient (Wildman–Crippen LogP) is 2.02. The molecule has 2 N–H and O–H groups in total. The number of nitrogens with one attached hydrogen (secondary N) is 1. The molecule has 2 unspecified atom stereocenters. The Hall–Kier alpha value is -0.610. The maximum atomic E-state index is 9.62. The average molecular weight is 212 g/mol. The molecule has 78 valence electrons. The Morgan fingerprint density at radius 1 is 1.64 bits per heavy atom. The van der Waals surface area contributed by atoms with Crippen LogP contribution < -0.4 is 5.32 Å². The lowest BCUT2D eigenvalue weighted by atomic mass is 10.1. The first-order chi connectivity index (χ1) is 6.75. The molecule has 0 bridgehead atoms. The van der Waals surface area contributed by atoms with Gasteiger partial charge in [0.2, 0.25) is 0 Å². The van der Waals surface area contributed by atoms with E-state index in [0.717, 1.165) is 36.6 Å². The molecule has 1 aliphatic carbocycles. The highest BCUT2D eigenvalue weighted by Gasteiger charge is 2.24. The maximum Gasteiger partial charge on any atom is 0.182 e. The van der Waals surface area contributed by atoms with Gasteiger partial charge in [-0.15, -0.1) is 11.3 Å². The predicted molar refractivity (Wildman–Crippen MR) is 58.7 cm³/mol. The molecule has 2 atom stereocenters. The Morgan fingerprint density at radius 2 is 2.50 bits per heavy atom. The Kier molecular flexibility index (Phi) is 3.03. The molecular weight excluding hydrogens is 196 g/mol. The van der Waals surface area contributed by atoms with Crippen molar-refractivity contribution in [2.75, 3.05) is 11.9 Å². The van der Waals surface area contributed by atoms with E-state index in [0.29, 0.717) is 5.92 Å². The van der Waals surface area contributed by atoms with Gasteiger partial charge in [-0.1, -0.05) is 6.42 Å².